The Labute approximate surface area is 319 Å². The van der Waals surface area contributed by atoms with E-state index >= 15 is 0 Å². The molecule has 1 nitrogen and oxygen atoms in total. The third-order valence-corrected chi connectivity index (χ3v) is 11.7. The highest BCUT2D eigenvalue weighted by molar-refractivity contribution is 7.26. The topological polar surface area (TPSA) is 3.24 Å². The van der Waals surface area contributed by atoms with E-state index < -0.39 is 0 Å². The molecular formula is C52H35NS. The van der Waals surface area contributed by atoms with Crippen molar-refractivity contribution in [3.8, 4) is 44.5 Å². The minimum Gasteiger partial charge on any atom is -0.310 e. The van der Waals surface area contributed by atoms with Gasteiger partial charge in [0.2, 0.25) is 0 Å². The second-order valence-corrected chi connectivity index (χ2v) is 14.8. The van der Waals surface area contributed by atoms with Gasteiger partial charge in [-0.25, -0.2) is 0 Å². The molecule has 0 bridgehead atoms. The predicted octanol–water partition coefficient (Wildman–Crippen LogP) is 15.3. The summed E-state index contributed by atoms with van der Waals surface area (Å²) >= 11 is 1.89. The van der Waals surface area contributed by atoms with Crippen LogP contribution in [0.25, 0.3) is 75.5 Å². The van der Waals surface area contributed by atoms with Crippen molar-refractivity contribution in [1.29, 1.82) is 0 Å². The first-order chi connectivity index (χ1) is 26.8. The maximum absolute atomic E-state index is 2.38. The summed E-state index contributed by atoms with van der Waals surface area (Å²) in [5.74, 6) is 0. The summed E-state index contributed by atoms with van der Waals surface area (Å²) in [6.07, 6.45) is 0. The average Bonchev–Trinajstić information content (AvgIpc) is 3.64. The molecule has 0 fully saturated rings. The molecule has 0 aliphatic heterocycles. The highest BCUT2D eigenvalue weighted by Gasteiger charge is 2.17. The zero-order valence-electron chi connectivity index (χ0n) is 29.6. The Hall–Kier alpha value is -6.74. The van der Waals surface area contributed by atoms with Crippen LogP contribution in [0.4, 0.5) is 17.1 Å². The van der Waals surface area contributed by atoms with Crippen molar-refractivity contribution in [2.75, 3.05) is 4.90 Å². The molecule has 54 heavy (non-hydrogen) atoms. The van der Waals surface area contributed by atoms with Crippen LogP contribution >= 0.6 is 11.3 Å². The average molecular weight is 706 g/mol. The van der Waals surface area contributed by atoms with E-state index in [1.54, 1.807) is 0 Å². The fraction of sp³-hybridized carbons (Fsp3) is 0. The summed E-state index contributed by atoms with van der Waals surface area (Å²) in [6, 6.07) is 77.0. The summed E-state index contributed by atoms with van der Waals surface area (Å²) < 4.78 is 2.67. The minimum atomic E-state index is 1.10. The van der Waals surface area contributed by atoms with Crippen LogP contribution in [-0.4, -0.2) is 0 Å². The lowest BCUT2D eigenvalue weighted by Gasteiger charge is -2.27. The van der Waals surface area contributed by atoms with Gasteiger partial charge in [-0.1, -0.05) is 170 Å². The molecule has 1 aromatic heterocycles. The van der Waals surface area contributed by atoms with Gasteiger partial charge >= 0.3 is 0 Å². The molecule has 0 saturated heterocycles. The van der Waals surface area contributed by atoms with Crippen LogP contribution in [-0.2, 0) is 0 Å². The second-order valence-electron chi connectivity index (χ2n) is 13.7. The van der Waals surface area contributed by atoms with E-state index in [9.17, 15) is 0 Å². The van der Waals surface area contributed by atoms with E-state index in [2.05, 4.69) is 217 Å². The molecule has 10 rings (SSSR count). The van der Waals surface area contributed by atoms with E-state index in [0.717, 1.165) is 17.1 Å². The van der Waals surface area contributed by atoms with E-state index in [4.69, 9.17) is 0 Å². The van der Waals surface area contributed by atoms with Crippen LogP contribution in [0.1, 0.15) is 0 Å². The van der Waals surface area contributed by atoms with Crippen LogP contribution in [0.15, 0.2) is 212 Å². The molecule has 0 amide bonds. The summed E-state index contributed by atoms with van der Waals surface area (Å²) in [5, 5.41) is 5.26. The van der Waals surface area contributed by atoms with Crippen LogP contribution in [0.3, 0.4) is 0 Å². The van der Waals surface area contributed by atoms with Crippen molar-refractivity contribution in [2.45, 2.75) is 0 Å². The van der Waals surface area contributed by atoms with Gasteiger partial charge in [-0.3, -0.25) is 0 Å². The monoisotopic (exact) mass is 705 g/mol. The standard InChI is InChI=1S/C52H35NS/c1-4-12-36(13-5-1)37-20-26-43(27-21-37)53(45-30-33-46(39-14-6-2-7-15-39)50(35-45)40-16-8-3-9-17-40)44-28-22-38(23-29-44)42-25-31-48-49-32-24-41-18-10-11-19-47(41)52(49)54-51(48)34-42/h1-35H. The third-order valence-electron chi connectivity index (χ3n) is 10.5. The predicted molar refractivity (Wildman–Crippen MR) is 233 cm³/mol. The molecule has 9 aromatic carbocycles. The molecule has 0 N–H and O–H groups in total. The number of nitrogens with zero attached hydrogens (tertiary/aromatic N) is 1. The lowest BCUT2D eigenvalue weighted by Crippen LogP contribution is -2.10. The van der Waals surface area contributed by atoms with Crippen LogP contribution in [0.2, 0.25) is 0 Å². The van der Waals surface area contributed by atoms with Gasteiger partial charge in [0.25, 0.3) is 0 Å². The fourth-order valence-corrected chi connectivity index (χ4v) is 9.04. The molecule has 0 aliphatic rings. The summed E-state index contributed by atoms with van der Waals surface area (Å²) in [4.78, 5) is 2.38. The summed E-state index contributed by atoms with van der Waals surface area (Å²) in [7, 11) is 0. The number of thiophene rings is 1. The van der Waals surface area contributed by atoms with Gasteiger partial charge < -0.3 is 4.90 Å². The molecule has 10 aromatic rings. The lowest BCUT2D eigenvalue weighted by molar-refractivity contribution is 1.28. The van der Waals surface area contributed by atoms with Crippen LogP contribution in [0.5, 0.6) is 0 Å². The van der Waals surface area contributed by atoms with Gasteiger partial charge in [0.1, 0.15) is 0 Å². The van der Waals surface area contributed by atoms with Crippen LogP contribution < -0.4 is 4.90 Å². The molecule has 0 spiro atoms. The first-order valence-electron chi connectivity index (χ1n) is 18.4. The zero-order valence-corrected chi connectivity index (χ0v) is 30.4. The molecule has 2 heteroatoms. The number of hydrogen-bond acceptors (Lipinski definition) is 2. The zero-order chi connectivity index (χ0) is 35.8. The highest BCUT2D eigenvalue weighted by atomic mass is 32.1. The normalized spacial score (nSPS) is 11.3. The van der Waals surface area contributed by atoms with Gasteiger partial charge in [0.15, 0.2) is 0 Å². The van der Waals surface area contributed by atoms with Gasteiger partial charge in [0.05, 0.1) is 0 Å². The smallest absolute Gasteiger partial charge is 0.0468 e. The van der Waals surface area contributed by atoms with Crippen LogP contribution in [0, 0.1) is 0 Å². The molecule has 0 saturated carbocycles. The Bertz CT molecular complexity index is 2890. The molecule has 254 valence electrons. The molecule has 0 unspecified atom stereocenters. The van der Waals surface area contributed by atoms with Gasteiger partial charge in [-0.05, 0) is 97.7 Å². The first-order valence-corrected chi connectivity index (χ1v) is 19.2. The van der Waals surface area contributed by atoms with Crippen molar-refractivity contribution in [1.82, 2.24) is 0 Å². The van der Waals surface area contributed by atoms with Gasteiger partial charge in [-0.15, -0.1) is 11.3 Å². The number of rotatable bonds is 7. The third kappa shape index (κ3) is 5.84. The van der Waals surface area contributed by atoms with Gasteiger partial charge in [0, 0.05) is 37.2 Å². The van der Waals surface area contributed by atoms with E-state index in [1.165, 1.54) is 75.5 Å². The van der Waals surface area contributed by atoms with E-state index in [-0.39, 0.29) is 0 Å². The molecule has 1 heterocycles. The van der Waals surface area contributed by atoms with Gasteiger partial charge in [-0.2, -0.15) is 0 Å². The lowest BCUT2D eigenvalue weighted by atomic mass is 9.93. The second kappa shape index (κ2) is 13.7. The Morgan fingerprint density at radius 3 is 1.46 bits per heavy atom. The number of hydrogen-bond donors (Lipinski definition) is 0. The Morgan fingerprint density at radius 1 is 0.296 bits per heavy atom. The van der Waals surface area contributed by atoms with E-state index in [1.807, 2.05) is 11.3 Å². The Balaban J connectivity index is 1.08. The molecular weight excluding hydrogens is 671 g/mol. The fourth-order valence-electron chi connectivity index (χ4n) is 7.76. The molecule has 0 atom stereocenters. The molecule has 0 radical (unpaired) electrons. The quantitative estimate of drug-likeness (QED) is 0.160. The van der Waals surface area contributed by atoms with Crippen molar-refractivity contribution in [3.63, 3.8) is 0 Å². The van der Waals surface area contributed by atoms with Crippen molar-refractivity contribution in [3.05, 3.63) is 212 Å². The Kier molecular flexibility index (Phi) is 8.09. The summed E-state index contributed by atoms with van der Waals surface area (Å²) in [5.41, 5.74) is 13.0. The number of anilines is 3. The highest BCUT2D eigenvalue weighted by Crippen LogP contribution is 2.43. The largest absolute Gasteiger partial charge is 0.310 e. The molecule has 0 aliphatic carbocycles. The maximum atomic E-state index is 2.38. The maximum Gasteiger partial charge on any atom is 0.0468 e. The van der Waals surface area contributed by atoms with E-state index in [0.29, 0.717) is 0 Å². The minimum absolute atomic E-state index is 1.10. The SMILES string of the molecule is c1ccc(-c2ccc(N(c3ccc(-c4ccc5c(c4)sc4c6ccccc6ccc54)cc3)c3ccc(-c4ccccc4)c(-c4ccccc4)c3)cc2)cc1. The van der Waals surface area contributed by atoms with Crippen molar-refractivity contribution in [2.24, 2.45) is 0 Å². The first kappa shape index (κ1) is 32.0. The number of benzene rings is 9. The Morgan fingerprint density at radius 2 is 0.796 bits per heavy atom. The summed E-state index contributed by atoms with van der Waals surface area (Å²) in [6.45, 7) is 0. The number of fused-ring (bicyclic) bond motifs is 5. The van der Waals surface area contributed by atoms with Crippen molar-refractivity contribution < 1.29 is 0 Å². The van der Waals surface area contributed by atoms with Crippen molar-refractivity contribution >= 4 is 59.3 Å².